The number of nitrogens with zero attached hydrogens (tertiary/aromatic N) is 2. The maximum atomic E-state index is 6.23. The van der Waals surface area contributed by atoms with Crippen LogP contribution >= 0.6 is 0 Å². The summed E-state index contributed by atoms with van der Waals surface area (Å²) in [4.78, 5) is 4.48. The third-order valence-corrected chi connectivity index (χ3v) is 5.49. The first-order valence-electron chi connectivity index (χ1n) is 8.52. The lowest BCUT2D eigenvalue weighted by atomic mass is 10.0. The van der Waals surface area contributed by atoms with Crippen molar-refractivity contribution in [2.24, 2.45) is 0 Å². The van der Waals surface area contributed by atoms with Gasteiger partial charge in [-0.25, -0.2) is 0 Å². The molecule has 0 atom stereocenters. The smallest absolute Gasteiger partial charge is 0.299 e. The minimum atomic E-state index is -0.158. The van der Waals surface area contributed by atoms with E-state index in [1.807, 2.05) is 18.2 Å². The Balaban J connectivity index is 1.87. The zero-order chi connectivity index (χ0) is 17.3. The molecule has 0 spiro atoms. The van der Waals surface area contributed by atoms with Crippen LogP contribution in [0.2, 0.25) is 0 Å². The minimum absolute atomic E-state index is 0.158. The van der Waals surface area contributed by atoms with E-state index >= 15 is 0 Å². The number of hydrogen-bond acceptors (Lipinski definition) is 4. The van der Waals surface area contributed by atoms with E-state index in [4.69, 9.17) is 8.83 Å². The first kappa shape index (κ1) is 14.5. The van der Waals surface area contributed by atoms with E-state index < -0.39 is 0 Å². The largest absolute Gasteiger partial charge is 0.425 e. The molecule has 2 aromatic carbocycles. The van der Waals surface area contributed by atoms with E-state index in [9.17, 15) is 0 Å². The highest BCUT2D eigenvalue weighted by Gasteiger charge is 2.35. The van der Waals surface area contributed by atoms with Crippen LogP contribution in [0.1, 0.15) is 19.4 Å². The predicted molar refractivity (Wildman–Crippen MR) is 102 cm³/mol. The van der Waals surface area contributed by atoms with Crippen molar-refractivity contribution in [3.63, 3.8) is 0 Å². The highest BCUT2D eigenvalue weighted by atomic mass is 16.5. The van der Waals surface area contributed by atoms with Gasteiger partial charge in [0.15, 0.2) is 5.58 Å². The van der Waals surface area contributed by atoms with E-state index in [0.717, 1.165) is 33.0 Å². The summed E-state index contributed by atoms with van der Waals surface area (Å²) in [6.45, 7) is 6.53. The van der Waals surface area contributed by atoms with Gasteiger partial charge in [-0.15, -0.1) is 0 Å². The average molecular weight is 332 g/mol. The number of rotatable bonds is 1. The van der Waals surface area contributed by atoms with Gasteiger partial charge in [-0.1, -0.05) is 24.3 Å². The summed E-state index contributed by atoms with van der Waals surface area (Å²) in [5.41, 5.74) is 3.86. The van der Waals surface area contributed by atoms with Gasteiger partial charge in [-0.3, -0.25) is 0 Å². The summed E-state index contributed by atoms with van der Waals surface area (Å²) in [7, 11) is 2.09. The van der Waals surface area contributed by atoms with Crippen molar-refractivity contribution in [3.05, 3.63) is 54.4 Å². The Labute approximate surface area is 145 Å². The van der Waals surface area contributed by atoms with Crippen LogP contribution in [0, 0.1) is 6.92 Å². The predicted octanol–water partition coefficient (Wildman–Crippen LogP) is 5.60. The maximum absolute atomic E-state index is 6.23. The van der Waals surface area contributed by atoms with E-state index in [0.29, 0.717) is 5.78 Å². The first-order valence-corrected chi connectivity index (χ1v) is 8.52. The van der Waals surface area contributed by atoms with Crippen molar-refractivity contribution in [1.82, 2.24) is 4.90 Å². The number of anilines is 1. The second-order valence-electron chi connectivity index (χ2n) is 7.24. The van der Waals surface area contributed by atoms with Crippen LogP contribution in [0.25, 0.3) is 33.1 Å². The highest BCUT2D eigenvalue weighted by Crippen LogP contribution is 2.44. The molecular weight excluding hydrogens is 312 g/mol. The zero-order valence-electron chi connectivity index (χ0n) is 14.8. The molecule has 1 aliphatic heterocycles. The number of aryl methyl sites for hydroxylation is 1. The number of furan rings is 2. The van der Waals surface area contributed by atoms with Gasteiger partial charge in [-0.2, -0.15) is 0 Å². The summed E-state index contributed by atoms with van der Waals surface area (Å²) in [6.07, 6.45) is 4.21. The fraction of sp³-hybridized carbons (Fsp3) is 0.238. The second-order valence-corrected chi connectivity index (χ2v) is 7.24. The molecule has 4 heteroatoms. The lowest BCUT2D eigenvalue weighted by Gasteiger charge is -2.38. The summed E-state index contributed by atoms with van der Waals surface area (Å²) in [6, 6.07) is 12.4. The Morgan fingerprint density at radius 3 is 2.48 bits per heavy atom. The van der Waals surface area contributed by atoms with Crippen LogP contribution in [0.3, 0.4) is 0 Å². The van der Waals surface area contributed by atoms with Crippen LogP contribution in [-0.2, 0) is 0 Å². The Morgan fingerprint density at radius 1 is 0.920 bits per heavy atom. The fourth-order valence-corrected chi connectivity index (χ4v) is 3.76. The molecule has 0 radical (unpaired) electrons. The Morgan fingerprint density at radius 2 is 1.72 bits per heavy atom. The molecule has 0 fully saturated rings. The van der Waals surface area contributed by atoms with Crippen LogP contribution < -0.4 is 4.90 Å². The van der Waals surface area contributed by atoms with Gasteiger partial charge in [-0.05, 0) is 38.5 Å². The molecule has 4 nitrogen and oxygen atoms in total. The van der Waals surface area contributed by atoms with E-state index in [1.54, 1.807) is 0 Å². The molecule has 0 bridgehead atoms. The molecule has 0 amide bonds. The second kappa shape index (κ2) is 4.60. The van der Waals surface area contributed by atoms with Gasteiger partial charge < -0.3 is 18.6 Å². The fourth-order valence-electron chi connectivity index (χ4n) is 3.76. The van der Waals surface area contributed by atoms with Crippen molar-refractivity contribution in [2.45, 2.75) is 26.4 Å². The zero-order valence-corrected chi connectivity index (χ0v) is 14.8. The Hall–Kier alpha value is -2.88. The summed E-state index contributed by atoms with van der Waals surface area (Å²) >= 11 is 0. The standard InChI is InChI=1S/C21H20N2O2/c1-13-9-10-15-17-14-7-5-6-8-16(14)24-20(17)25-19(15)18(13)23-12-11-22(4)21(23,2)3/h5-12H,1-4H3. The van der Waals surface area contributed by atoms with Crippen molar-refractivity contribution >= 4 is 38.8 Å². The average Bonchev–Trinajstić information content (AvgIpc) is 3.19. The van der Waals surface area contributed by atoms with Crippen LogP contribution in [0.15, 0.2) is 57.6 Å². The molecular formula is C21H20N2O2. The van der Waals surface area contributed by atoms with Crippen LogP contribution in [0.4, 0.5) is 5.69 Å². The first-order chi connectivity index (χ1) is 12.0. The van der Waals surface area contributed by atoms with Gasteiger partial charge in [0, 0.05) is 30.2 Å². The van der Waals surface area contributed by atoms with Gasteiger partial charge in [0.1, 0.15) is 11.2 Å². The quantitative estimate of drug-likeness (QED) is 0.454. The lowest BCUT2D eigenvalue weighted by Crippen LogP contribution is -2.46. The molecule has 0 saturated heterocycles. The molecule has 126 valence electrons. The normalized spacial score (nSPS) is 16.8. The Kier molecular flexibility index (Phi) is 2.66. The van der Waals surface area contributed by atoms with Crippen molar-refractivity contribution in [2.75, 3.05) is 11.9 Å². The van der Waals surface area contributed by atoms with Gasteiger partial charge >= 0.3 is 0 Å². The van der Waals surface area contributed by atoms with Gasteiger partial charge in [0.25, 0.3) is 5.78 Å². The number of benzene rings is 2. The number of fused-ring (bicyclic) bond motifs is 5. The van der Waals surface area contributed by atoms with Gasteiger partial charge in [0.05, 0.1) is 11.1 Å². The molecule has 2 aromatic heterocycles. The minimum Gasteiger partial charge on any atom is -0.425 e. The van der Waals surface area contributed by atoms with Crippen LogP contribution in [0.5, 0.6) is 0 Å². The van der Waals surface area contributed by atoms with Crippen molar-refractivity contribution in [1.29, 1.82) is 0 Å². The van der Waals surface area contributed by atoms with Crippen LogP contribution in [-0.4, -0.2) is 17.6 Å². The molecule has 0 N–H and O–H groups in total. The summed E-state index contributed by atoms with van der Waals surface area (Å²) < 4.78 is 12.2. The molecule has 0 saturated carbocycles. The SMILES string of the molecule is Cc1ccc2c(oc3oc4ccccc4c32)c1N1C=CN(C)C1(C)C. The highest BCUT2D eigenvalue weighted by molar-refractivity contribution is 6.19. The molecule has 4 aromatic rings. The molecule has 3 heterocycles. The Bertz CT molecular complexity index is 1160. The summed E-state index contributed by atoms with van der Waals surface area (Å²) in [5, 5.41) is 3.25. The molecule has 25 heavy (non-hydrogen) atoms. The lowest BCUT2D eigenvalue weighted by molar-refractivity contribution is 0.253. The van der Waals surface area contributed by atoms with Crippen molar-refractivity contribution in [3.8, 4) is 0 Å². The maximum Gasteiger partial charge on any atom is 0.299 e. The van der Waals surface area contributed by atoms with E-state index in [1.165, 1.54) is 5.56 Å². The molecule has 1 aliphatic rings. The molecule has 0 unspecified atom stereocenters. The molecule has 0 aliphatic carbocycles. The monoisotopic (exact) mass is 332 g/mol. The van der Waals surface area contributed by atoms with Crippen molar-refractivity contribution < 1.29 is 8.83 Å². The van der Waals surface area contributed by atoms with E-state index in [-0.39, 0.29) is 5.66 Å². The third kappa shape index (κ3) is 1.77. The third-order valence-electron chi connectivity index (χ3n) is 5.49. The number of hydrogen-bond donors (Lipinski definition) is 0. The summed E-state index contributed by atoms with van der Waals surface area (Å²) in [5.74, 6) is 0.595. The topological polar surface area (TPSA) is 32.8 Å². The molecule has 5 rings (SSSR count). The van der Waals surface area contributed by atoms with E-state index in [2.05, 4.69) is 68.2 Å². The van der Waals surface area contributed by atoms with Gasteiger partial charge in [0.2, 0.25) is 0 Å². The number of para-hydroxylation sites is 1.